The van der Waals surface area contributed by atoms with Crippen molar-refractivity contribution in [2.75, 3.05) is 5.32 Å². The molecule has 0 spiro atoms. The highest BCUT2D eigenvalue weighted by Gasteiger charge is 2.18. The summed E-state index contributed by atoms with van der Waals surface area (Å²) < 4.78 is 19.6. The van der Waals surface area contributed by atoms with Gasteiger partial charge in [0.2, 0.25) is 5.91 Å². The molecule has 7 heteroatoms. The summed E-state index contributed by atoms with van der Waals surface area (Å²) in [6, 6.07) is 7.43. The van der Waals surface area contributed by atoms with Gasteiger partial charge in [0.1, 0.15) is 17.1 Å². The number of aromatic hydroxyl groups is 1. The van der Waals surface area contributed by atoms with Gasteiger partial charge in [0.25, 0.3) is 0 Å². The molecule has 0 aliphatic heterocycles. The van der Waals surface area contributed by atoms with E-state index in [0.29, 0.717) is 15.4 Å². The van der Waals surface area contributed by atoms with Crippen LogP contribution < -0.4 is 10.9 Å². The van der Waals surface area contributed by atoms with Crippen LogP contribution in [0.25, 0.3) is 11.0 Å². The largest absolute Gasteiger partial charge is 0.507 e. The normalized spacial score (nSPS) is 10.9. The van der Waals surface area contributed by atoms with Crippen molar-refractivity contribution in [2.45, 2.75) is 20.3 Å². The number of phenolic OH excluding ortho intramolecular Hbond substituents is 1. The number of benzene rings is 2. The SMILES string of the molecule is Cc1cc(O)c2c(C)c(CC(=O)Nc3ccc(Br)cc3F)c(=O)oc2c1. The Bertz CT molecular complexity index is 1090. The summed E-state index contributed by atoms with van der Waals surface area (Å²) >= 11 is 3.14. The number of carbonyl (C=O) groups excluding carboxylic acids is 1. The summed E-state index contributed by atoms with van der Waals surface area (Å²) in [5, 5.41) is 13.0. The summed E-state index contributed by atoms with van der Waals surface area (Å²) in [5.41, 5.74) is 0.930. The molecule has 0 unspecified atom stereocenters. The van der Waals surface area contributed by atoms with E-state index in [2.05, 4.69) is 21.2 Å². The molecular weight excluding hydrogens is 405 g/mol. The zero-order chi connectivity index (χ0) is 19.0. The van der Waals surface area contributed by atoms with Crippen LogP contribution in [0.2, 0.25) is 0 Å². The molecule has 1 heterocycles. The smallest absolute Gasteiger partial charge is 0.340 e. The number of hydrogen-bond donors (Lipinski definition) is 2. The average Bonchev–Trinajstić information content (AvgIpc) is 2.53. The molecule has 0 radical (unpaired) electrons. The third-order valence-corrected chi connectivity index (χ3v) is 4.54. The molecule has 1 aromatic heterocycles. The highest BCUT2D eigenvalue weighted by atomic mass is 79.9. The van der Waals surface area contributed by atoms with Crippen molar-refractivity contribution in [1.82, 2.24) is 0 Å². The monoisotopic (exact) mass is 419 g/mol. The molecule has 2 aromatic carbocycles. The van der Waals surface area contributed by atoms with Crippen molar-refractivity contribution < 1.29 is 18.7 Å². The summed E-state index contributed by atoms with van der Waals surface area (Å²) in [4.78, 5) is 24.5. The van der Waals surface area contributed by atoms with Crippen LogP contribution in [0, 0.1) is 19.7 Å². The van der Waals surface area contributed by atoms with Gasteiger partial charge in [0.15, 0.2) is 0 Å². The third kappa shape index (κ3) is 3.48. The minimum absolute atomic E-state index is 0.0134. The molecule has 0 bridgehead atoms. The van der Waals surface area contributed by atoms with E-state index < -0.39 is 17.3 Å². The predicted octanol–water partition coefficient (Wildman–Crippen LogP) is 4.20. The Labute approximate surface area is 156 Å². The van der Waals surface area contributed by atoms with E-state index in [1.165, 1.54) is 12.1 Å². The number of carbonyl (C=O) groups is 1. The molecule has 0 fully saturated rings. The zero-order valence-electron chi connectivity index (χ0n) is 14.0. The van der Waals surface area contributed by atoms with E-state index in [1.54, 1.807) is 32.0 Å². The number of amides is 1. The average molecular weight is 420 g/mol. The number of nitrogens with one attached hydrogen (secondary N) is 1. The molecule has 2 N–H and O–H groups in total. The minimum atomic E-state index is -0.661. The van der Waals surface area contributed by atoms with Gasteiger partial charge in [0, 0.05) is 4.47 Å². The predicted molar refractivity (Wildman–Crippen MR) is 100 cm³/mol. The standard InChI is InChI=1S/C19H15BrFNO4/c1-9-5-15(23)18-10(2)12(19(25)26-16(18)6-9)8-17(24)22-14-4-3-11(20)7-13(14)21/h3-7,23H,8H2,1-2H3,(H,22,24). The van der Waals surface area contributed by atoms with E-state index >= 15 is 0 Å². The Morgan fingerprint density at radius 2 is 2.00 bits per heavy atom. The lowest BCUT2D eigenvalue weighted by molar-refractivity contribution is -0.115. The van der Waals surface area contributed by atoms with Gasteiger partial charge in [-0.05, 0) is 55.3 Å². The number of rotatable bonds is 3. The molecule has 3 rings (SSSR count). The van der Waals surface area contributed by atoms with Gasteiger partial charge >= 0.3 is 5.63 Å². The van der Waals surface area contributed by atoms with Gasteiger partial charge in [-0.15, -0.1) is 0 Å². The Hall–Kier alpha value is -2.67. The molecule has 3 aromatic rings. The third-order valence-electron chi connectivity index (χ3n) is 4.04. The lowest BCUT2D eigenvalue weighted by Gasteiger charge is -2.11. The lowest BCUT2D eigenvalue weighted by Crippen LogP contribution is -2.21. The highest BCUT2D eigenvalue weighted by molar-refractivity contribution is 9.10. The van der Waals surface area contributed by atoms with Gasteiger partial charge in [-0.1, -0.05) is 15.9 Å². The van der Waals surface area contributed by atoms with E-state index in [9.17, 15) is 19.1 Å². The fourth-order valence-corrected chi connectivity index (χ4v) is 3.14. The van der Waals surface area contributed by atoms with Crippen molar-refractivity contribution in [1.29, 1.82) is 0 Å². The Kier molecular flexibility index (Phi) is 4.82. The summed E-state index contributed by atoms with van der Waals surface area (Å²) in [6.45, 7) is 3.40. The second-order valence-electron chi connectivity index (χ2n) is 6.00. The van der Waals surface area contributed by atoms with Crippen LogP contribution in [0.5, 0.6) is 5.75 Å². The van der Waals surface area contributed by atoms with Crippen molar-refractivity contribution >= 4 is 38.5 Å². The number of aryl methyl sites for hydroxylation is 2. The first-order valence-electron chi connectivity index (χ1n) is 7.77. The fourth-order valence-electron chi connectivity index (χ4n) is 2.81. The van der Waals surface area contributed by atoms with Crippen molar-refractivity contribution in [3.63, 3.8) is 0 Å². The molecule has 0 atom stereocenters. The number of fused-ring (bicyclic) bond motifs is 1. The second kappa shape index (κ2) is 6.92. The second-order valence-corrected chi connectivity index (χ2v) is 6.92. The topological polar surface area (TPSA) is 79.5 Å². The van der Waals surface area contributed by atoms with Crippen LogP contribution in [-0.2, 0) is 11.2 Å². The van der Waals surface area contributed by atoms with Gasteiger partial charge in [0.05, 0.1) is 23.1 Å². The molecule has 0 aliphatic rings. The molecule has 1 amide bonds. The maximum atomic E-state index is 13.8. The molecule has 0 saturated carbocycles. The van der Waals surface area contributed by atoms with E-state index in [4.69, 9.17) is 4.42 Å². The van der Waals surface area contributed by atoms with Gasteiger partial charge in [-0.3, -0.25) is 4.79 Å². The molecule has 134 valence electrons. The van der Waals surface area contributed by atoms with Crippen LogP contribution in [0.4, 0.5) is 10.1 Å². The van der Waals surface area contributed by atoms with Crippen molar-refractivity contribution in [2.24, 2.45) is 0 Å². The molecule has 0 saturated heterocycles. The van der Waals surface area contributed by atoms with Gasteiger partial charge in [-0.25, -0.2) is 9.18 Å². The van der Waals surface area contributed by atoms with E-state index in [-0.39, 0.29) is 29.0 Å². The maximum Gasteiger partial charge on any atom is 0.340 e. The zero-order valence-corrected chi connectivity index (χ0v) is 15.6. The molecule has 26 heavy (non-hydrogen) atoms. The lowest BCUT2D eigenvalue weighted by atomic mass is 10.0. The Morgan fingerprint density at radius 3 is 2.69 bits per heavy atom. The first kappa shape index (κ1) is 18.1. The Morgan fingerprint density at radius 1 is 1.27 bits per heavy atom. The Balaban J connectivity index is 1.95. The van der Waals surface area contributed by atoms with Crippen molar-refractivity contribution in [3.05, 3.63) is 67.7 Å². The van der Waals surface area contributed by atoms with Crippen LogP contribution in [0.3, 0.4) is 0 Å². The maximum absolute atomic E-state index is 13.8. The van der Waals surface area contributed by atoms with Crippen LogP contribution in [-0.4, -0.2) is 11.0 Å². The summed E-state index contributed by atoms with van der Waals surface area (Å²) in [7, 11) is 0. The minimum Gasteiger partial charge on any atom is -0.507 e. The first-order valence-corrected chi connectivity index (χ1v) is 8.56. The summed E-state index contributed by atoms with van der Waals surface area (Å²) in [6.07, 6.45) is -0.299. The van der Waals surface area contributed by atoms with Crippen molar-refractivity contribution in [3.8, 4) is 5.75 Å². The fraction of sp³-hybridized carbons (Fsp3) is 0.158. The quantitative estimate of drug-likeness (QED) is 0.623. The number of anilines is 1. The molecular formula is C19H15BrFNO4. The molecule has 5 nitrogen and oxygen atoms in total. The first-order chi connectivity index (χ1) is 12.3. The number of halogens is 2. The van der Waals surface area contributed by atoms with Gasteiger partial charge in [-0.2, -0.15) is 0 Å². The van der Waals surface area contributed by atoms with E-state index in [1.807, 2.05) is 0 Å². The summed E-state index contributed by atoms with van der Waals surface area (Å²) in [5.74, 6) is -1.18. The number of phenols is 1. The van der Waals surface area contributed by atoms with Crippen LogP contribution >= 0.6 is 15.9 Å². The van der Waals surface area contributed by atoms with Gasteiger partial charge < -0.3 is 14.8 Å². The van der Waals surface area contributed by atoms with Crippen LogP contribution in [0.15, 0.2) is 44.0 Å². The van der Waals surface area contributed by atoms with Crippen LogP contribution in [0.1, 0.15) is 16.7 Å². The van der Waals surface area contributed by atoms with E-state index in [0.717, 1.165) is 5.56 Å². The highest BCUT2D eigenvalue weighted by Crippen LogP contribution is 2.30. The molecule has 0 aliphatic carbocycles. The number of hydrogen-bond acceptors (Lipinski definition) is 4.